The first-order valence-corrected chi connectivity index (χ1v) is 11.2. The molecular weight excluding hydrogens is 446 g/mol. The molecule has 2 atom stereocenters. The summed E-state index contributed by atoms with van der Waals surface area (Å²) < 4.78 is 0. The predicted molar refractivity (Wildman–Crippen MR) is 126 cm³/mol. The maximum Gasteiger partial charge on any atom is 0.345 e. The van der Waals surface area contributed by atoms with Crippen molar-refractivity contribution in [3.8, 4) is 0 Å². The fraction of sp³-hybridized carbons (Fsp3) is 0.350. The van der Waals surface area contributed by atoms with Crippen LogP contribution in [0.2, 0.25) is 0 Å². The Hall–Kier alpha value is -3.87. The largest absolute Gasteiger partial charge is 0.370 e. The van der Waals surface area contributed by atoms with Gasteiger partial charge in [0.25, 0.3) is 5.91 Å². The Morgan fingerprint density at radius 1 is 1.27 bits per heavy atom. The number of rotatable bonds is 6. The normalized spacial score (nSPS) is 18.0. The van der Waals surface area contributed by atoms with Crippen LogP contribution in [0.5, 0.6) is 0 Å². The van der Waals surface area contributed by atoms with Gasteiger partial charge in [-0.2, -0.15) is 0 Å². The van der Waals surface area contributed by atoms with E-state index in [-0.39, 0.29) is 34.0 Å². The van der Waals surface area contributed by atoms with E-state index in [1.165, 1.54) is 0 Å². The van der Waals surface area contributed by atoms with Crippen molar-refractivity contribution in [2.24, 2.45) is 16.5 Å². The molecule has 1 fully saturated rings. The molecule has 3 aromatic rings. The zero-order valence-corrected chi connectivity index (χ0v) is 18.6. The number of hydrogen-bond acceptors (Lipinski definition) is 9. The minimum atomic E-state index is -0.616. The quantitative estimate of drug-likeness (QED) is 0.182. The lowest BCUT2D eigenvalue weighted by molar-refractivity contribution is -0.380. The van der Waals surface area contributed by atoms with Crippen molar-refractivity contribution in [1.82, 2.24) is 15.0 Å². The van der Waals surface area contributed by atoms with Gasteiger partial charge in [-0.1, -0.05) is 24.5 Å². The summed E-state index contributed by atoms with van der Waals surface area (Å²) >= 11 is 0.756. The van der Waals surface area contributed by atoms with E-state index in [4.69, 9.17) is 11.5 Å². The van der Waals surface area contributed by atoms with Gasteiger partial charge in [0.2, 0.25) is 5.82 Å². The number of aliphatic imine (C=N–C) groups is 1. The number of nitrogens with zero attached hydrogens (tertiary/aromatic N) is 5. The average molecular weight is 470 g/mol. The number of thiazole rings is 1. The smallest absolute Gasteiger partial charge is 0.345 e. The molecule has 6 N–H and O–H groups in total. The van der Waals surface area contributed by atoms with Crippen molar-refractivity contribution >= 4 is 50.1 Å². The summed E-state index contributed by atoms with van der Waals surface area (Å²) in [5.41, 5.74) is 12.8. The van der Waals surface area contributed by atoms with Crippen LogP contribution in [0, 0.1) is 17.0 Å². The summed E-state index contributed by atoms with van der Waals surface area (Å²) in [5, 5.41) is 17.5. The number of nitro groups is 1. The number of anilines is 2. The number of aromatic nitrogens is 3. The first-order valence-electron chi connectivity index (χ1n) is 10.4. The third-order valence-electron chi connectivity index (χ3n) is 5.31. The van der Waals surface area contributed by atoms with E-state index in [0.717, 1.165) is 54.2 Å². The third kappa shape index (κ3) is 5.14. The number of fused-ring (bicyclic) bond motifs is 1. The van der Waals surface area contributed by atoms with E-state index in [0.29, 0.717) is 11.3 Å². The first-order chi connectivity index (χ1) is 15.8. The predicted octanol–water partition coefficient (Wildman–Crippen LogP) is 2.55. The van der Waals surface area contributed by atoms with Gasteiger partial charge in [-0.15, -0.1) is 0 Å². The number of carbonyl (C=O) groups excluding carboxylic acids is 1. The maximum absolute atomic E-state index is 12.8. The number of aryl methyl sites for hydroxylation is 1. The topological polar surface area (TPSA) is 187 Å². The molecule has 2 unspecified atom stereocenters. The molecule has 2 heterocycles. The van der Waals surface area contributed by atoms with Crippen LogP contribution in [0.25, 0.3) is 10.9 Å². The Morgan fingerprint density at radius 2 is 2.06 bits per heavy atom. The number of amides is 1. The standard InChI is InChI=1S/C20H23N9O3S/c1-10-6-7-12-11(8-10)16(25-13-4-2-3-5-14(13)26-19(21)22)27-17(24-12)18(30)28-20-23-9-15(33-20)29(31)32/h6-9,13-14H,2-5H2,1H3,(H4,21,22,26)(H,23,28,30)(H,24,25,27). The molecular formula is C20H23N9O3S. The van der Waals surface area contributed by atoms with Crippen LogP contribution < -0.4 is 22.1 Å². The van der Waals surface area contributed by atoms with Crippen LogP contribution in [0.3, 0.4) is 0 Å². The molecule has 0 aliphatic heterocycles. The van der Waals surface area contributed by atoms with E-state index in [1.807, 2.05) is 25.1 Å². The van der Waals surface area contributed by atoms with Gasteiger partial charge >= 0.3 is 5.00 Å². The lowest BCUT2D eigenvalue weighted by atomic mass is 9.90. The minimum absolute atomic E-state index is 0.0368. The summed E-state index contributed by atoms with van der Waals surface area (Å²) in [4.78, 5) is 40.3. The zero-order chi connectivity index (χ0) is 23.5. The van der Waals surface area contributed by atoms with Gasteiger partial charge in [0, 0.05) is 5.39 Å². The highest BCUT2D eigenvalue weighted by atomic mass is 32.1. The van der Waals surface area contributed by atoms with Crippen molar-refractivity contribution in [2.45, 2.75) is 44.7 Å². The Kier molecular flexibility index (Phi) is 6.31. The lowest BCUT2D eigenvalue weighted by Gasteiger charge is -2.30. The SMILES string of the molecule is Cc1ccc2nc(C(=O)Nc3ncc([N+](=O)[O-])s3)nc(NC3CCCCC3N=C(N)N)c2c1. The minimum Gasteiger partial charge on any atom is -0.370 e. The summed E-state index contributed by atoms with van der Waals surface area (Å²) in [5.74, 6) is -0.161. The molecule has 0 bridgehead atoms. The Balaban J connectivity index is 1.67. The van der Waals surface area contributed by atoms with Crippen LogP contribution >= 0.6 is 11.3 Å². The zero-order valence-electron chi connectivity index (χ0n) is 17.8. The van der Waals surface area contributed by atoms with Crippen molar-refractivity contribution < 1.29 is 9.72 Å². The fourth-order valence-electron chi connectivity index (χ4n) is 3.82. The molecule has 0 radical (unpaired) electrons. The van der Waals surface area contributed by atoms with E-state index >= 15 is 0 Å². The van der Waals surface area contributed by atoms with Crippen molar-refractivity contribution in [2.75, 3.05) is 10.6 Å². The van der Waals surface area contributed by atoms with E-state index in [1.54, 1.807) is 0 Å². The molecule has 2 aromatic heterocycles. The van der Waals surface area contributed by atoms with Crippen LogP contribution in [0.1, 0.15) is 41.9 Å². The highest BCUT2D eigenvalue weighted by Crippen LogP contribution is 2.29. The number of hydrogen-bond donors (Lipinski definition) is 4. The molecule has 1 saturated carbocycles. The molecule has 0 spiro atoms. The van der Waals surface area contributed by atoms with E-state index < -0.39 is 10.8 Å². The second kappa shape index (κ2) is 9.32. The summed E-state index contributed by atoms with van der Waals surface area (Å²) in [6, 6.07) is 5.50. The number of nitrogens with two attached hydrogens (primary N) is 2. The number of nitrogens with one attached hydrogen (secondary N) is 2. The highest BCUT2D eigenvalue weighted by molar-refractivity contribution is 7.18. The monoisotopic (exact) mass is 469 g/mol. The molecule has 1 aliphatic rings. The molecule has 4 rings (SSSR count). The van der Waals surface area contributed by atoms with Gasteiger partial charge < -0.3 is 16.8 Å². The van der Waals surface area contributed by atoms with Gasteiger partial charge in [-0.25, -0.2) is 19.9 Å². The Morgan fingerprint density at radius 3 is 2.79 bits per heavy atom. The molecule has 1 aromatic carbocycles. The highest BCUT2D eigenvalue weighted by Gasteiger charge is 2.27. The van der Waals surface area contributed by atoms with Crippen molar-refractivity contribution in [1.29, 1.82) is 0 Å². The molecule has 172 valence electrons. The van der Waals surface area contributed by atoms with Crippen molar-refractivity contribution in [3.63, 3.8) is 0 Å². The molecule has 0 saturated heterocycles. The summed E-state index contributed by atoms with van der Waals surface area (Å²) in [6.45, 7) is 1.96. The van der Waals surface area contributed by atoms with E-state index in [9.17, 15) is 14.9 Å². The van der Waals surface area contributed by atoms with Crippen LogP contribution in [-0.4, -0.2) is 43.8 Å². The molecule has 12 nitrogen and oxygen atoms in total. The number of benzene rings is 1. The second-order valence-corrected chi connectivity index (χ2v) is 8.80. The Bertz CT molecular complexity index is 1240. The number of guanidine groups is 1. The maximum atomic E-state index is 12.8. The van der Waals surface area contributed by atoms with Gasteiger partial charge in [-0.05, 0) is 43.2 Å². The molecule has 13 heteroatoms. The summed E-state index contributed by atoms with van der Waals surface area (Å²) in [6.07, 6.45) is 4.82. The van der Waals surface area contributed by atoms with Gasteiger partial charge in [0.05, 0.1) is 22.5 Å². The van der Waals surface area contributed by atoms with Crippen LogP contribution in [0.15, 0.2) is 29.4 Å². The fourth-order valence-corrected chi connectivity index (χ4v) is 4.44. The Labute approximate surface area is 192 Å². The second-order valence-electron chi connectivity index (χ2n) is 7.79. The average Bonchev–Trinajstić information content (AvgIpc) is 3.23. The summed E-state index contributed by atoms with van der Waals surface area (Å²) in [7, 11) is 0. The molecule has 1 amide bonds. The van der Waals surface area contributed by atoms with Gasteiger partial charge in [0.15, 0.2) is 11.1 Å². The van der Waals surface area contributed by atoms with Gasteiger partial charge in [-0.3, -0.25) is 20.2 Å². The molecule has 33 heavy (non-hydrogen) atoms. The van der Waals surface area contributed by atoms with Gasteiger partial charge in [0.1, 0.15) is 12.0 Å². The van der Waals surface area contributed by atoms with Crippen molar-refractivity contribution in [3.05, 3.63) is 45.9 Å². The third-order valence-corrected chi connectivity index (χ3v) is 6.18. The molecule has 1 aliphatic carbocycles. The van der Waals surface area contributed by atoms with Crippen LogP contribution in [-0.2, 0) is 0 Å². The van der Waals surface area contributed by atoms with Crippen LogP contribution in [0.4, 0.5) is 16.0 Å². The lowest BCUT2D eigenvalue weighted by Crippen LogP contribution is -2.38. The number of carbonyl (C=O) groups is 1. The first kappa shape index (κ1) is 22.3. The van der Waals surface area contributed by atoms with E-state index in [2.05, 4.69) is 30.6 Å².